The lowest BCUT2D eigenvalue weighted by molar-refractivity contribution is 0.731. The van der Waals surface area contributed by atoms with Gasteiger partial charge in [-0.15, -0.1) is 0 Å². The Kier molecular flexibility index (Phi) is 4.47. The van der Waals surface area contributed by atoms with E-state index >= 15 is 0 Å². The van der Waals surface area contributed by atoms with Gasteiger partial charge in [-0.25, -0.2) is 9.97 Å². The fourth-order valence-electron chi connectivity index (χ4n) is 1.54. The van der Waals surface area contributed by atoms with Crippen LogP contribution in [0.2, 0.25) is 0 Å². The van der Waals surface area contributed by atoms with Crippen LogP contribution >= 0.6 is 0 Å². The summed E-state index contributed by atoms with van der Waals surface area (Å²) in [5, 5.41) is 0. The zero-order valence-electron chi connectivity index (χ0n) is 10.8. The molecule has 3 heteroatoms. The van der Waals surface area contributed by atoms with E-state index < -0.39 is 0 Å². The molecule has 0 amide bonds. The van der Waals surface area contributed by atoms with Crippen LogP contribution < -0.4 is 0 Å². The summed E-state index contributed by atoms with van der Waals surface area (Å²) in [4.78, 5) is 11.8. The molecule has 0 bridgehead atoms. The molecule has 0 saturated carbocycles. The Morgan fingerprint density at radius 2 is 2.12 bits per heavy atom. The number of aromatic amines is 1. The van der Waals surface area contributed by atoms with Crippen molar-refractivity contribution in [3.63, 3.8) is 0 Å². The molecule has 0 aromatic carbocycles. The molecule has 1 atom stereocenters. The second-order valence-corrected chi connectivity index (χ2v) is 3.77. The Labute approximate surface area is 98.8 Å². The third kappa shape index (κ3) is 2.60. The van der Waals surface area contributed by atoms with Crippen molar-refractivity contribution < 1.29 is 1.43 Å². The molecule has 2 rings (SSSR count). The number of nitrogens with zero attached hydrogens (tertiary/aromatic N) is 2. The number of hydrogen-bond acceptors (Lipinski definition) is 2. The lowest BCUT2D eigenvalue weighted by atomic mass is 10.0. The number of fused-ring (bicyclic) bond motifs is 1. The Hall–Kier alpha value is -1.38. The lowest BCUT2D eigenvalue weighted by Gasteiger charge is -2.06. The van der Waals surface area contributed by atoms with Crippen molar-refractivity contribution >= 4 is 11.2 Å². The predicted molar refractivity (Wildman–Crippen MR) is 70.8 cm³/mol. The van der Waals surface area contributed by atoms with Crippen molar-refractivity contribution in [3.05, 3.63) is 23.7 Å². The molecule has 0 radical (unpaired) electrons. The quantitative estimate of drug-likeness (QED) is 0.831. The molecule has 2 aromatic rings. The summed E-state index contributed by atoms with van der Waals surface area (Å²) in [5.74, 6) is 1.49. The number of nitrogens with one attached hydrogen (secondary N) is 1. The zero-order chi connectivity index (χ0) is 12.1. The summed E-state index contributed by atoms with van der Waals surface area (Å²) in [6.45, 7) is 10.4. The largest absolute Gasteiger partial charge is 0.341 e. The molecule has 0 saturated heterocycles. The van der Waals surface area contributed by atoms with Gasteiger partial charge in [0.1, 0.15) is 5.82 Å². The van der Waals surface area contributed by atoms with Crippen molar-refractivity contribution in [1.82, 2.24) is 15.0 Å². The first-order valence-corrected chi connectivity index (χ1v) is 6.03. The molecule has 0 aliphatic carbocycles. The van der Waals surface area contributed by atoms with Crippen LogP contribution in [0, 0.1) is 6.92 Å². The highest BCUT2D eigenvalue weighted by atomic mass is 15.0. The van der Waals surface area contributed by atoms with Crippen LogP contribution in [-0.2, 0) is 0 Å². The molecule has 0 aliphatic rings. The van der Waals surface area contributed by atoms with Gasteiger partial charge in [0.15, 0.2) is 5.65 Å². The predicted octanol–water partition coefficient (Wildman–Crippen LogP) is 4.05. The second-order valence-electron chi connectivity index (χ2n) is 3.77. The number of pyridine rings is 1. The van der Waals surface area contributed by atoms with E-state index in [1.54, 1.807) is 0 Å². The zero-order valence-corrected chi connectivity index (χ0v) is 10.8. The van der Waals surface area contributed by atoms with Gasteiger partial charge in [0.05, 0.1) is 5.52 Å². The fraction of sp³-hybridized carbons (Fsp3) is 0.538. The number of aromatic nitrogens is 3. The molecule has 3 nitrogen and oxygen atoms in total. The van der Waals surface area contributed by atoms with E-state index in [2.05, 4.69) is 34.9 Å². The van der Waals surface area contributed by atoms with Crippen molar-refractivity contribution in [2.75, 3.05) is 0 Å². The number of imidazole rings is 1. The number of aryl methyl sites for hydroxylation is 1. The maximum Gasteiger partial charge on any atom is 0.177 e. The molecule has 16 heavy (non-hydrogen) atoms. The van der Waals surface area contributed by atoms with Crippen molar-refractivity contribution in [2.45, 2.75) is 47.0 Å². The fourth-order valence-corrected chi connectivity index (χ4v) is 1.54. The standard InChI is InChI=1S/C11H15N3.C2H6.H2/c1-4-7(2)9-5-10-11(12-6-9)14-8(3)13-10;1-2;/h5-7H,4H2,1-3H3,(H,12,13,14);1-2H3;1H. The third-order valence-corrected chi connectivity index (χ3v) is 2.66. The van der Waals surface area contributed by atoms with Crippen LogP contribution in [0.25, 0.3) is 11.2 Å². The molecule has 1 unspecified atom stereocenters. The van der Waals surface area contributed by atoms with Gasteiger partial charge in [-0.05, 0) is 30.9 Å². The van der Waals surface area contributed by atoms with Gasteiger partial charge in [0, 0.05) is 7.62 Å². The van der Waals surface area contributed by atoms with Gasteiger partial charge < -0.3 is 4.98 Å². The van der Waals surface area contributed by atoms with Gasteiger partial charge >= 0.3 is 0 Å². The highest BCUT2D eigenvalue weighted by Crippen LogP contribution is 2.20. The third-order valence-electron chi connectivity index (χ3n) is 2.66. The molecule has 2 aromatic heterocycles. The van der Waals surface area contributed by atoms with E-state index in [9.17, 15) is 0 Å². The van der Waals surface area contributed by atoms with Crippen LogP contribution in [0.3, 0.4) is 0 Å². The van der Waals surface area contributed by atoms with E-state index in [1.165, 1.54) is 5.56 Å². The number of rotatable bonds is 2. The first kappa shape index (κ1) is 12.7. The Morgan fingerprint density at radius 3 is 2.75 bits per heavy atom. The maximum absolute atomic E-state index is 4.33. The topological polar surface area (TPSA) is 41.6 Å². The first-order chi connectivity index (χ1) is 7.70. The number of H-pyrrole nitrogens is 1. The molecular weight excluding hydrogens is 198 g/mol. The summed E-state index contributed by atoms with van der Waals surface area (Å²) in [7, 11) is 0. The summed E-state index contributed by atoms with van der Waals surface area (Å²) in [6, 6.07) is 2.15. The molecule has 0 fully saturated rings. The SMILES string of the molecule is CC.CCC(C)c1cnc2nc(C)[nH]c2c1.[HH]. The Bertz CT molecular complexity index is 451. The molecule has 1 N–H and O–H groups in total. The van der Waals surface area contributed by atoms with Gasteiger partial charge in [0.2, 0.25) is 0 Å². The van der Waals surface area contributed by atoms with E-state index in [-0.39, 0.29) is 1.43 Å². The van der Waals surface area contributed by atoms with Gasteiger partial charge in [0.25, 0.3) is 0 Å². The minimum Gasteiger partial charge on any atom is -0.341 e. The van der Waals surface area contributed by atoms with Gasteiger partial charge in [-0.1, -0.05) is 27.7 Å². The van der Waals surface area contributed by atoms with E-state index in [0.717, 1.165) is 23.4 Å². The highest BCUT2D eigenvalue weighted by Gasteiger charge is 2.06. The van der Waals surface area contributed by atoms with E-state index in [0.29, 0.717) is 5.92 Å². The minimum absolute atomic E-state index is 0. The molecule has 0 aliphatic heterocycles. The molecule has 90 valence electrons. The van der Waals surface area contributed by atoms with Crippen LogP contribution in [0.4, 0.5) is 0 Å². The molecule has 2 heterocycles. The minimum atomic E-state index is 0. The van der Waals surface area contributed by atoms with Crippen LogP contribution in [-0.4, -0.2) is 15.0 Å². The first-order valence-electron chi connectivity index (χ1n) is 6.03. The summed E-state index contributed by atoms with van der Waals surface area (Å²) in [5.41, 5.74) is 3.14. The maximum atomic E-state index is 4.33. The molecule has 0 spiro atoms. The van der Waals surface area contributed by atoms with Crippen molar-refractivity contribution in [1.29, 1.82) is 0 Å². The molecular formula is C13H23N3. The normalized spacial score (nSPS) is 12.1. The summed E-state index contributed by atoms with van der Waals surface area (Å²) >= 11 is 0. The average Bonchev–Trinajstić information content (AvgIpc) is 2.69. The number of hydrogen-bond donors (Lipinski definition) is 1. The van der Waals surface area contributed by atoms with Crippen molar-refractivity contribution in [2.24, 2.45) is 0 Å². The summed E-state index contributed by atoms with van der Waals surface area (Å²) in [6.07, 6.45) is 3.07. The smallest absolute Gasteiger partial charge is 0.177 e. The second kappa shape index (κ2) is 5.64. The van der Waals surface area contributed by atoms with Crippen LogP contribution in [0.5, 0.6) is 0 Å². The average molecular weight is 221 g/mol. The van der Waals surface area contributed by atoms with Gasteiger partial charge in [-0.2, -0.15) is 0 Å². The Morgan fingerprint density at radius 1 is 1.44 bits per heavy atom. The lowest BCUT2D eigenvalue weighted by Crippen LogP contribution is -1.92. The monoisotopic (exact) mass is 221 g/mol. The Balaban J connectivity index is 0.000000811. The van der Waals surface area contributed by atoms with E-state index in [4.69, 9.17) is 0 Å². The highest BCUT2D eigenvalue weighted by molar-refractivity contribution is 5.71. The van der Waals surface area contributed by atoms with Crippen LogP contribution in [0.15, 0.2) is 12.3 Å². The summed E-state index contributed by atoms with van der Waals surface area (Å²) < 4.78 is 0. The van der Waals surface area contributed by atoms with Gasteiger partial charge in [-0.3, -0.25) is 0 Å². The van der Waals surface area contributed by atoms with E-state index in [1.807, 2.05) is 27.0 Å². The van der Waals surface area contributed by atoms with Crippen LogP contribution in [0.1, 0.15) is 52.8 Å². The van der Waals surface area contributed by atoms with Crippen molar-refractivity contribution in [3.8, 4) is 0 Å².